The molecule has 0 radical (unpaired) electrons. The van der Waals surface area contributed by atoms with Gasteiger partial charge in [-0.15, -0.1) is 11.3 Å². The van der Waals surface area contributed by atoms with E-state index in [0.717, 1.165) is 11.3 Å². The highest BCUT2D eigenvalue weighted by atomic mass is 32.2. The van der Waals surface area contributed by atoms with Crippen LogP contribution in [0.25, 0.3) is 0 Å². The number of aliphatic carboxylic acids is 1. The predicted octanol–water partition coefficient (Wildman–Crippen LogP) is 2.25. The van der Waals surface area contributed by atoms with E-state index >= 15 is 0 Å². The number of hydrogen-bond donors (Lipinski definition) is 2. The van der Waals surface area contributed by atoms with Gasteiger partial charge in [0.1, 0.15) is 6.04 Å². The van der Waals surface area contributed by atoms with Gasteiger partial charge in [0.2, 0.25) is 0 Å². The van der Waals surface area contributed by atoms with Crippen molar-refractivity contribution in [3.05, 3.63) is 21.9 Å². The second-order valence-electron chi connectivity index (χ2n) is 3.77. The van der Waals surface area contributed by atoms with Gasteiger partial charge in [-0.1, -0.05) is 6.92 Å². The summed E-state index contributed by atoms with van der Waals surface area (Å²) >= 11 is 2.97. The maximum Gasteiger partial charge on any atom is 0.326 e. The van der Waals surface area contributed by atoms with E-state index in [1.54, 1.807) is 17.8 Å². The number of amides is 1. The van der Waals surface area contributed by atoms with Gasteiger partial charge in [-0.25, -0.2) is 4.79 Å². The Hall–Kier alpha value is -1.01. The fourth-order valence-corrected chi connectivity index (χ4v) is 2.73. The Bertz CT molecular complexity index is 417. The van der Waals surface area contributed by atoms with Crippen LogP contribution in [0.1, 0.15) is 27.9 Å². The number of hydrogen-bond acceptors (Lipinski definition) is 4. The number of rotatable bonds is 7. The Morgan fingerprint density at radius 3 is 2.72 bits per heavy atom. The molecule has 1 atom stereocenters. The molecule has 0 spiro atoms. The first kappa shape index (κ1) is 15.0. The summed E-state index contributed by atoms with van der Waals surface area (Å²) in [6.07, 6.45) is 3.23. The third-order valence-corrected chi connectivity index (χ3v) is 4.32. The lowest BCUT2D eigenvalue weighted by molar-refractivity contribution is -0.139. The quantitative estimate of drug-likeness (QED) is 0.807. The van der Waals surface area contributed by atoms with E-state index in [2.05, 4.69) is 5.32 Å². The van der Waals surface area contributed by atoms with Crippen LogP contribution in [-0.4, -0.2) is 35.0 Å². The van der Waals surface area contributed by atoms with Crippen molar-refractivity contribution in [2.24, 2.45) is 0 Å². The topological polar surface area (TPSA) is 66.4 Å². The molecule has 1 aromatic rings. The van der Waals surface area contributed by atoms with Gasteiger partial charge in [-0.05, 0) is 37.0 Å². The van der Waals surface area contributed by atoms with Crippen molar-refractivity contribution in [2.75, 3.05) is 12.0 Å². The number of thiophene rings is 1. The lowest BCUT2D eigenvalue weighted by atomic mass is 10.2. The van der Waals surface area contributed by atoms with Gasteiger partial charge >= 0.3 is 5.97 Å². The molecular formula is C12H17NO3S2. The zero-order chi connectivity index (χ0) is 13.5. The number of carboxylic acid groups (broad SMARTS) is 1. The summed E-state index contributed by atoms with van der Waals surface area (Å²) in [6.45, 7) is 2.02. The highest BCUT2D eigenvalue weighted by molar-refractivity contribution is 7.98. The lowest BCUT2D eigenvalue weighted by Gasteiger charge is -2.12. The molecule has 6 heteroatoms. The van der Waals surface area contributed by atoms with Crippen molar-refractivity contribution >= 4 is 35.0 Å². The largest absolute Gasteiger partial charge is 0.480 e. The van der Waals surface area contributed by atoms with Crippen LogP contribution in [0.5, 0.6) is 0 Å². The normalized spacial score (nSPS) is 12.1. The van der Waals surface area contributed by atoms with Crippen molar-refractivity contribution in [2.45, 2.75) is 25.8 Å². The van der Waals surface area contributed by atoms with Crippen molar-refractivity contribution < 1.29 is 14.7 Å². The molecule has 0 aliphatic heterocycles. The minimum absolute atomic E-state index is 0.298. The number of carboxylic acids is 1. The van der Waals surface area contributed by atoms with Gasteiger partial charge in [0.25, 0.3) is 5.91 Å². The molecule has 18 heavy (non-hydrogen) atoms. The Morgan fingerprint density at radius 1 is 1.50 bits per heavy atom. The smallest absolute Gasteiger partial charge is 0.326 e. The van der Waals surface area contributed by atoms with Crippen molar-refractivity contribution in [3.8, 4) is 0 Å². The molecule has 1 rings (SSSR count). The highest BCUT2D eigenvalue weighted by Crippen LogP contribution is 2.17. The SMILES string of the molecule is CCc1ccc(C(=O)N[C@@H](CCSC)C(=O)O)s1. The van der Waals surface area contributed by atoms with Crippen LogP contribution < -0.4 is 5.32 Å². The summed E-state index contributed by atoms with van der Waals surface area (Å²) in [7, 11) is 0. The molecule has 0 aromatic carbocycles. The van der Waals surface area contributed by atoms with Gasteiger partial charge in [-0.3, -0.25) is 4.79 Å². The Labute approximate surface area is 115 Å². The monoisotopic (exact) mass is 287 g/mol. The molecule has 0 saturated carbocycles. The first-order valence-corrected chi connectivity index (χ1v) is 7.90. The summed E-state index contributed by atoms with van der Waals surface area (Å²) in [6, 6.07) is 2.83. The molecule has 4 nitrogen and oxygen atoms in total. The van der Waals surface area contributed by atoms with E-state index in [4.69, 9.17) is 5.11 Å². The standard InChI is InChI=1S/C12H17NO3S2/c1-3-8-4-5-10(18-8)11(14)13-9(12(15)16)6-7-17-2/h4-5,9H,3,6-7H2,1-2H3,(H,13,14)(H,15,16)/t9-/m0/s1. The molecule has 0 bridgehead atoms. The number of nitrogens with one attached hydrogen (secondary N) is 1. The van der Waals surface area contributed by atoms with E-state index in [0.29, 0.717) is 17.1 Å². The predicted molar refractivity (Wildman–Crippen MR) is 75.6 cm³/mol. The summed E-state index contributed by atoms with van der Waals surface area (Å²) in [5, 5.41) is 11.6. The molecule has 0 saturated heterocycles. The van der Waals surface area contributed by atoms with Crippen LogP contribution in [0.3, 0.4) is 0 Å². The number of carbonyl (C=O) groups is 2. The van der Waals surface area contributed by atoms with Gasteiger partial charge < -0.3 is 10.4 Å². The van der Waals surface area contributed by atoms with E-state index in [1.165, 1.54) is 11.3 Å². The molecule has 0 aliphatic rings. The molecule has 0 aliphatic carbocycles. The lowest BCUT2D eigenvalue weighted by Crippen LogP contribution is -2.40. The minimum atomic E-state index is -0.982. The molecule has 100 valence electrons. The Kier molecular flexibility index (Phi) is 6.21. The molecule has 1 aromatic heterocycles. The van der Waals surface area contributed by atoms with Crippen LogP contribution in [0.4, 0.5) is 0 Å². The van der Waals surface area contributed by atoms with E-state index in [-0.39, 0.29) is 5.91 Å². The number of carbonyl (C=O) groups excluding carboxylic acids is 1. The first-order valence-electron chi connectivity index (χ1n) is 5.69. The molecule has 1 heterocycles. The van der Waals surface area contributed by atoms with Crippen LogP contribution in [0.2, 0.25) is 0 Å². The van der Waals surface area contributed by atoms with Gasteiger partial charge in [0, 0.05) is 4.88 Å². The maximum atomic E-state index is 11.9. The average Bonchev–Trinajstić information content (AvgIpc) is 2.82. The summed E-state index contributed by atoms with van der Waals surface area (Å²) < 4.78 is 0. The van der Waals surface area contributed by atoms with Crippen LogP contribution in [0.15, 0.2) is 12.1 Å². The van der Waals surface area contributed by atoms with Crippen molar-refractivity contribution in [1.29, 1.82) is 0 Å². The van der Waals surface area contributed by atoms with Gasteiger partial charge in [-0.2, -0.15) is 11.8 Å². The van der Waals surface area contributed by atoms with Crippen molar-refractivity contribution in [1.82, 2.24) is 5.32 Å². The van der Waals surface area contributed by atoms with Crippen LogP contribution in [0, 0.1) is 0 Å². The Morgan fingerprint density at radius 2 is 2.22 bits per heavy atom. The highest BCUT2D eigenvalue weighted by Gasteiger charge is 2.20. The van der Waals surface area contributed by atoms with Gasteiger partial charge in [0.15, 0.2) is 0 Å². The third kappa shape index (κ3) is 4.34. The summed E-state index contributed by atoms with van der Waals surface area (Å²) in [4.78, 5) is 24.6. The summed E-state index contributed by atoms with van der Waals surface area (Å²) in [5.74, 6) is -0.570. The fraction of sp³-hybridized carbons (Fsp3) is 0.500. The maximum absolute atomic E-state index is 11.9. The fourth-order valence-electron chi connectivity index (χ4n) is 1.41. The van der Waals surface area contributed by atoms with Crippen LogP contribution in [-0.2, 0) is 11.2 Å². The third-order valence-electron chi connectivity index (χ3n) is 2.45. The second kappa shape index (κ2) is 7.43. The van der Waals surface area contributed by atoms with Gasteiger partial charge in [0.05, 0.1) is 4.88 Å². The first-order chi connectivity index (χ1) is 8.58. The zero-order valence-electron chi connectivity index (χ0n) is 10.4. The summed E-state index contributed by atoms with van der Waals surface area (Å²) in [5.41, 5.74) is 0. The molecule has 1 amide bonds. The minimum Gasteiger partial charge on any atom is -0.480 e. The average molecular weight is 287 g/mol. The van der Waals surface area contributed by atoms with Crippen LogP contribution >= 0.6 is 23.1 Å². The Balaban J connectivity index is 2.62. The zero-order valence-corrected chi connectivity index (χ0v) is 12.1. The second-order valence-corrected chi connectivity index (χ2v) is 5.92. The number of aryl methyl sites for hydroxylation is 1. The van der Waals surface area contributed by atoms with E-state index in [9.17, 15) is 9.59 Å². The molecular weight excluding hydrogens is 270 g/mol. The molecule has 0 unspecified atom stereocenters. The van der Waals surface area contributed by atoms with E-state index in [1.807, 2.05) is 19.2 Å². The van der Waals surface area contributed by atoms with Crippen molar-refractivity contribution in [3.63, 3.8) is 0 Å². The van der Waals surface area contributed by atoms with E-state index < -0.39 is 12.0 Å². The number of thioether (sulfide) groups is 1. The molecule has 0 fully saturated rings. The molecule has 2 N–H and O–H groups in total.